The fourth-order valence-electron chi connectivity index (χ4n) is 3.72. The van der Waals surface area contributed by atoms with Gasteiger partial charge in [0, 0.05) is 31.2 Å². The highest BCUT2D eigenvalue weighted by Crippen LogP contribution is 2.43. The van der Waals surface area contributed by atoms with Crippen molar-refractivity contribution in [1.82, 2.24) is 10.3 Å². The van der Waals surface area contributed by atoms with E-state index in [0.717, 1.165) is 49.3 Å². The first-order chi connectivity index (χ1) is 14.0. The van der Waals surface area contributed by atoms with Crippen LogP contribution >= 0.6 is 0 Å². The van der Waals surface area contributed by atoms with Crippen LogP contribution in [0.1, 0.15) is 65.5 Å². The van der Waals surface area contributed by atoms with Gasteiger partial charge in [0.05, 0.1) is 5.69 Å². The van der Waals surface area contributed by atoms with Gasteiger partial charge in [0.1, 0.15) is 12.2 Å². The van der Waals surface area contributed by atoms with Gasteiger partial charge in [-0.05, 0) is 42.2 Å². The Kier molecular flexibility index (Phi) is 7.44. The Morgan fingerprint density at radius 2 is 2.10 bits per heavy atom. The monoisotopic (exact) mass is 415 g/mol. The maximum Gasteiger partial charge on any atom is 0.286 e. The Bertz CT molecular complexity index is 795. The van der Waals surface area contributed by atoms with Gasteiger partial charge in [0.2, 0.25) is 0 Å². The lowest BCUT2D eigenvalue weighted by molar-refractivity contribution is -0.116. The summed E-state index contributed by atoms with van der Waals surface area (Å²) in [6.07, 6.45) is 3.53. The van der Waals surface area contributed by atoms with Crippen LogP contribution in [0.2, 0.25) is 0 Å². The average molecular weight is 416 g/mol. The van der Waals surface area contributed by atoms with Crippen molar-refractivity contribution < 1.29 is 4.79 Å². The SMILES string of the molecule is CNc1nc(C2CCC(C)(C)C(NC(=O)/C(N)=N/C=N)C2)ccc1NCC(C)(C)C. The quantitative estimate of drug-likeness (QED) is 0.360. The fourth-order valence-corrected chi connectivity index (χ4v) is 3.72. The number of aromatic nitrogens is 1. The molecule has 2 unspecified atom stereocenters. The molecule has 0 spiro atoms. The predicted molar refractivity (Wildman–Crippen MR) is 124 cm³/mol. The molecule has 1 aromatic heterocycles. The number of amidine groups is 1. The Morgan fingerprint density at radius 3 is 2.70 bits per heavy atom. The normalized spacial score (nSPS) is 21.6. The average Bonchev–Trinajstić information content (AvgIpc) is 2.67. The lowest BCUT2D eigenvalue weighted by Gasteiger charge is -2.42. The Hall–Kier alpha value is -2.64. The first kappa shape index (κ1) is 23.6. The number of rotatable bonds is 6. The second-order valence-electron chi connectivity index (χ2n) is 9.93. The van der Waals surface area contributed by atoms with Crippen LogP contribution in [0.5, 0.6) is 0 Å². The summed E-state index contributed by atoms with van der Waals surface area (Å²) in [4.78, 5) is 20.8. The van der Waals surface area contributed by atoms with Crippen molar-refractivity contribution in [1.29, 1.82) is 5.41 Å². The van der Waals surface area contributed by atoms with Gasteiger partial charge in [-0.3, -0.25) is 10.2 Å². The highest BCUT2D eigenvalue weighted by Gasteiger charge is 2.38. The van der Waals surface area contributed by atoms with E-state index in [-0.39, 0.29) is 28.6 Å². The molecule has 0 aliphatic heterocycles. The number of hydrogen-bond acceptors (Lipinski definition) is 5. The smallest absolute Gasteiger partial charge is 0.286 e. The first-order valence-electron chi connectivity index (χ1n) is 10.5. The molecule has 1 amide bonds. The van der Waals surface area contributed by atoms with Crippen molar-refractivity contribution in [2.75, 3.05) is 24.2 Å². The number of carbonyl (C=O) groups excluding carboxylic acids is 1. The van der Waals surface area contributed by atoms with Gasteiger partial charge in [0.15, 0.2) is 5.84 Å². The predicted octanol–water partition coefficient (Wildman–Crippen LogP) is 3.32. The minimum Gasteiger partial charge on any atom is -0.382 e. The van der Waals surface area contributed by atoms with Crippen LogP contribution in [0.4, 0.5) is 11.5 Å². The van der Waals surface area contributed by atoms with E-state index >= 15 is 0 Å². The van der Waals surface area contributed by atoms with Crippen LogP contribution in [0.15, 0.2) is 17.1 Å². The molecule has 0 bridgehead atoms. The van der Waals surface area contributed by atoms with Gasteiger partial charge < -0.3 is 21.7 Å². The molecule has 1 aliphatic carbocycles. The molecule has 2 atom stereocenters. The summed E-state index contributed by atoms with van der Waals surface area (Å²) in [5.74, 6) is 0.466. The van der Waals surface area contributed by atoms with Crippen LogP contribution in [0.3, 0.4) is 0 Å². The van der Waals surface area contributed by atoms with Crippen LogP contribution in [0.25, 0.3) is 0 Å². The van der Waals surface area contributed by atoms with Crippen LogP contribution in [-0.4, -0.2) is 42.7 Å². The summed E-state index contributed by atoms with van der Waals surface area (Å²) in [5.41, 5.74) is 7.78. The number of aliphatic imine (C=N–C) groups is 1. The minimum absolute atomic E-state index is 0.0539. The molecule has 0 radical (unpaired) electrons. The molecule has 1 fully saturated rings. The van der Waals surface area contributed by atoms with Crippen molar-refractivity contribution in [3.05, 3.63) is 17.8 Å². The molecule has 1 aromatic rings. The molecule has 1 aliphatic rings. The van der Waals surface area contributed by atoms with Crippen LogP contribution in [-0.2, 0) is 4.79 Å². The van der Waals surface area contributed by atoms with E-state index in [2.05, 4.69) is 67.7 Å². The third kappa shape index (κ3) is 6.18. The van der Waals surface area contributed by atoms with Crippen molar-refractivity contribution in [2.24, 2.45) is 21.6 Å². The maximum atomic E-state index is 12.3. The molecule has 1 heterocycles. The third-order valence-electron chi connectivity index (χ3n) is 5.72. The van der Waals surface area contributed by atoms with E-state index in [1.807, 2.05) is 7.05 Å². The maximum absolute atomic E-state index is 12.3. The molecule has 6 N–H and O–H groups in total. The molecular formula is C22H37N7O. The Morgan fingerprint density at radius 1 is 1.40 bits per heavy atom. The zero-order valence-electron chi connectivity index (χ0n) is 19.1. The number of nitrogens with one attached hydrogen (secondary N) is 4. The van der Waals surface area contributed by atoms with Crippen molar-refractivity contribution >= 4 is 29.6 Å². The van der Waals surface area contributed by atoms with Gasteiger partial charge in [-0.2, -0.15) is 0 Å². The minimum atomic E-state index is -0.428. The van der Waals surface area contributed by atoms with E-state index in [4.69, 9.17) is 16.1 Å². The molecule has 1 saturated carbocycles. The first-order valence-corrected chi connectivity index (χ1v) is 10.5. The third-order valence-corrected chi connectivity index (χ3v) is 5.72. The summed E-state index contributed by atoms with van der Waals surface area (Å²) < 4.78 is 0. The number of nitrogens with zero attached hydrogens (tertiary/aromatic N) is 2. The van der Waals surface area contributed by atoms with E-state index in [0.29, 0.717) is 0 Å². The van der Waals surface area contributed by atoms with Gasteiger partial charge >= 0.3 is 0 Å². The van der Waals surface area contributed by atoms with Crippen molar-refractivity contribution in [3.63, 3.8) is 0 Å². The lowest BCUT2D eigenvalue weighted by atomic mass is 9.68. The summed E-state index contributed by atoms with van der Waals surface area (Å²) in [6, 6.07) is 4.11. The molecule has 8 nitrogen and oxygen atoms in total. The molecule has 30 heavy (non-hydrogen) atoms. The summed E-state index contributed by atoms with van der Waals surface area (Å²) >= 11 is 0. The molecule has 166 valence electrons. The zero-order valence-corrected chi connectivity index (χ0v) is 19.1. The van der Waals surface area contributed by atoms with Crippen LogP contribution in [0, 0.1) is 16.2 Å². The number of anilines is 2. The molecule has 2 rings (SSSR count). The second kappa shape index (κ2) is 9.45. The summed E-state index contributed by atoms with van der Waals surface area (Å²) in [5, 5.41) is 16.7. The number of pyridine rings is 1. The summed E-state index contributed by atoms with van der Waals surface area (Å²) in [6.45, 7) is 11.7. The standard InChI is InChI=1S/C22H37N7O/c1-21(2,3)12-26-16-8-7-15(28-19(16)25-6)14-9-10-22(4,5)17(11-14)29-20(30)18(24)27-13-23/h7-8,13-14,17,26H,9-12H2,1-6H3,(H,25,28)(H,29,30)(H3,23,24,27). The van der Waals surface area contributed by atoms with E-state index in [1.54, 1.807) is 0 Å². The van der Waals surface area contributed by atoms with E-state index < -0.39 is 5.91 Å². The Labute approximate surface area is 180 Å². The van der Waals surface area contributed by atoms with Gasteiger partial charge in [-0.1, -0.05) is 34.6 Å². The fraction of sp³-hybridized carbons (Fsp3) is 0.636. The van der Waals surface area contributed by atoms with E-state index in [9.17, 15) is 4.79 Å². The molecule has 0 saturated heterocycles. The largest absolute Gasteiger partial charge is 0.382 e. The lowest BCUT2D eigenvalue weighted by Crippen LogP contribution is -2.51. The Balaban J connectivity index is 2.18. The second-order valence-corrected chi connectivity index (χ2v) is 9.93. The molecule has 0 aromatic carbocycles. The number of amides is 1. The number of carbonyl (C=O) groups is 1. The zero-order chi connectivity index (χ0) is 22.5. The summed E-state index contributed by atoms with van der Waals surface area (Å²) in [7, 11) is 1.88. The highest BCUT2D eigenvalue weighted by atomic mass is 16.2. The number of nitrogens with two attached hydrogens (primary N) is 1. The van der Waals surface area contributed by atoms with Crippen molar-refractivity contribution in [2.45, 2.75) is 65.8 Å². The van der Waals surface area contributed by atoms with Crippen LogP contribution < -0.4 is 21.7 Å². The van der Waals surface area contributed by atoms with Gasteiger partial charge in [-0.15, -0.1) is 0 Å². The van der Waals surface area contributed by atoms with Gasteiger partial charge in [-0.25, -0.2) is 9.98 Å². The topological polar surface area (TPSA) is 128 Å². The highest BCUT2D eigenvalue weighted by molar-refractivity contribution is 6.38. The van der Waals surface area contributed by atoms with E-state index in [1.165, 1.54) is 0 Å². The van der Waals surface area contributed by atoms with Crippen molar-refractivity contribution in [3.8, 4) is 0 Å². The molecular weight excluding hydrogens is 378 g/mol. The van der Waals surface area contributed by atoms with Gasteiger partial charge in [0.25, 0.3) is 5.91 Å². The molecule has 8 heteroatoms. The number of hydrogen-bond donors (Lipinski definition) is 5.